The molecule has 0 amide bonds. The summed E-state index contributed by atoms with van der Waals surface area (Å²) in [6, 6.07) is 5.21. The van der Waals surface area contributed by atoms with Gasteiger partial charge in [-0.3, -0.25) is 15.0 Å². The second kappa shape index (κ2) is 7.86. The number of rotatable bonds is 5. The largest absolute Gasteiger partial charge is 0.294 e. The van der Waals surface area contributed by atoms with E-state index >= 15 is 0 Å². The molecule has 0 radical (unpaired) electrons. The maximum absolute atomic E-state index is 12.8. The Bertz CT molecular complexity index is 958. The average Bonchev–Trinajstić information content (AvgIpc) is 3.11. The summed E-state index contributed by atoms with van der Waals surface area (Å²) in [5.41, 5.74) is 0.859. The van der Waals surface area contributed by atoms with Gasteiger partial charge in [0.25, 0.3) is 5.69 Å². The van der Waals surface area contributed by atoms with Gasteiger partial charge in [-0.15, -0.1) is 11.3 Å². The number of piperazine rings is 1. The summed E-state index contributed by atoms with van der Waals surface area (Å²) < 4.78 is 27.0. The van der Waals surface area contributed by atoms with Crippen LogP contribution in [0.3, 0.4) is 0 Å². The van der Waals surface area contributed by atoms with E-state index in [0.29, 0.717) is 32.7 Å². The molecule has 0 aliphatic carbocycles. The van der Waals surface area contributed by atoms with Crippen LogP contribution in [-0.2, 0) is 22.0 Å². The number of sulfonamides is 1. The minimum atomic E-state index is -3.74. The number of nitro groups is 1. The molecule has 152 valence electrons. The predicted octanol–water partition coefficient (Wildman–Crippen LogP) is 2.86. The van der Waals surface area contributed by atoms with Crippen molar-refractivity contribution >= 4 is 27.0 Å². The number of hydrogen-bond donors (Lipinski definition) is 0. The van der Waals surface area contributed by atoms with E-state index in [2.05, 4.69) is 31.1 Å². The zero-order chi connectivity index (χ0) is 20.5. The molecule has 8 nitrogen and oxygen atoms in total. The molecule has 1 fully saturated rings. The number of nitrogens with zero attached hydrogens (tertiary/aromatic N) is 4. The van der Waals surface area contributed by atoms with Gasteiger partial charge in [-0.2, -0.15) is 4.31 Å². The third-order valence-corrected chi connectivity index (χ3v) is 7.40. The van der Waals surface area contributed by atoms with Gasteiger partial charge in [0, 0.05) is 49.1 Å². The Balaban J connectivity index is 1.64. The van der Waals surface area contributed by atoms with Gasteiger partial charge in [0.15, 0.2) is 0 Å². The monoisotopic (exact) mass is 424 g/mol. The molecule has 1 aromatic carbocycles. The van der Waals surface area contributed by atoms with E-state index in [0.717, 1.165) is 16.8 Å². The van der Waals surface area contributed by atoms with E-state index in [1.807, 2.05) is 0 Å². The number of hydrogen-bond acceptors (Lipinski definition) is 7. The summed E-state index contributed by atoms with van der Waals surface area (Å²) in [5, 5.41) is 14.0. The molecule has 2 aromatic rings. The standard InChI is InChI=1S/C18H24N4O4S2/c1-18(2,3)16-13-27-17(19-16)12-20-7-9-21(10-8-20)28(25,26)15-6-4-5-14(11-15)22(23)24/h4-6,11,13H,7-10,12H2,1-3H3. The van der Waals surface area contributed by atoms with E-state index in [1.165, 1.54) is 22.5 Å². The third kappa shape index (κ3) is 4.57. The number of nitro benzene ring substituents is 1. The number of aromatic nitrogens is 1. The third-order valence-electron chi connectivity index (χ3n) is 4.68. The summed E-state index contributed by atoms with van der Waals surface area (Å²) in [6.45, 7) is 8.98. The van der Waals surface area contributed by atoms with Crippen molar-refractivity contribution in [3.63, 3.8) is 0 Å². The Morgan fingerprint density at radius 3 is 2.46 bits per heavy atom. The van der Waals surface area contributed by atoms with Crippen molar-refractivity contribution in [1.82, 2.24) is 14.2 Å². The highest BCUT2D eigenvalue weighted by molar-refractivity contribution is 7.89. The normalized spacial score (nSPS) is 17.0. The molecule has 1 aliphatic rings. The van der Waals surface area contributed by atoms with Crippen LogP contribution in [0.1, 0.15) is 31.5 Å². The summed E-state index contributed by atoms with van der Waals surface area (Å²) in [7, 11) is -3.74. The van der Waals surface area contributed by atoms with E-state index in [-0.39, 0.29) is 16.0 Å². The quantitative estimate of drug-likeness (QED) is 0.541. The molecule has 0 unspecified atom stereocenters. The van der Waals surface area contributed by atoms with Crippen molar-refractivity contribution in [2.24, 2.45) is 0 Å². The first kappa shape index (κ1) is 20.8. The van der Waals surface area contributed by atoms with Gasteiger partial charge in [0.05, 0.1) is 22.1 Å². The average molecular weight is 425 g/mol. The van der Waals surface area contributed by atoms with Crippen molar-refractivity contribution in [3.05, 3.63) is 50.5 Å². The van der Waals surface area contributed by atoms with Crippen molar-refractivity contribution in [3.8, 4) is 0 Å². The fourth-order valence-corrected chi connectivity index (χ4v) is 5.48. The molecule has 0 saturated carbocycles. The van der Waals surface area contributed by atoms with Gasteiger partial charge >= 0.3 is 0 Å². The van der Waals surface area contributed by atoms with E-state index in [9.17, 15) is 18.5 Å². The minimum absolute atomic E-state index is 0.0137. The highest BCUT2D eigenvalue weighted by Crippen LogP contribution is 2.26. The predicted molar refractivity (Wildman–Crippen MR) is 108 cm³/mol. The summed E-state index contributed by atoms with van der Waals surface area (Å²) in [4.78, 5) is 17.2. The molecule has 0 atom stereocenters. The summed E-state index contributed by atoms with van der Waals surface area (Å²) in [5.74, 6) is 0. The van der Waals surface area contributed by atoms with E-state index < -0.39 is 14.9 Å². The Morgan fingerprint density at radius 1 is 1.21 bits per heavy atom. The lowest BCUT2D eigenvalue weighted by Crippen LogP contribution is -2.48. The maximum atomic E-state index is 12.8. The van der Waals surface area contributed by atoms with Crippen LogP contribution in [0.25, 0.3) is 0 Å². The Kier molecular flexibility index (Phi) is 5.85. The van der Waals surface area contributed by atoms with Gasteiger partial charge in [0.2, 0.25) is 10.0 Å². The highest BCUT2D eigenvalue weighted by atomic mass is 32.2. The van der Waals surface area contributed by atoms with Gasteiger partial charge in [-0.1, -0.05) is 26.8 Å². The first-order valence-electron chi connectivity index (χ1n) is 8.99. The molecule has 0 spiro atoms. The summed E-state index contributed by atoms with van der Waals surface area (Å²) >= 11 is 1.63. The Hall–Kier alpha value is -1.88. The lowest BCUT2D eigenvalue weighted by atomic mass is 9.93. The topological polar surface area (TPSA) is 96.7 Å². The Labute approximate surface area is 169 Å². The van der Waals surface area contributed by atoms with Crippen LogP contribution in [0.4, 0.5) is 5.69 Å². The van der Waals surface area contributed by atoms with Crippen LogP contribution in [-0.4, -0.2) is 53.7 Å². The number of thiazole rings is 1. The second-order valence-corrected chi connectivity index (χ2v) is 10.7. The molecule has 1 aliphatic heterocycles. The lowest BCUT2D eigenvalue weighted by molar-refractivity contribution is -0.385. The van der Waals surface area contributed by atoms with Crippen molar-refractivity contribution in [2.75, 3.05) is 26.2 Å². The molecular weight excluding hydrogens is 400 g/mol. The first-order chi connectivity index (χ1) is 13.1. The molecule has 0 N–H and O–H groups in total. The highest BCUT2D eigenvalue weighted by Gasteiger charge is 2.30. The van der Waals surface area contributed by atoms with Crippen LogP contribution >= 0.6 is 11.3 Å². The van der Waals surface area contributed by atoms with Crippen molar-refractivity contribution in [2.45, 2.75) is 37.6 Å². The molecule has 2 heterocycles. The molecule has 28 heavy (non-hydrogen) atoms. The van der Waals surface area contributed by atoms with Crippen LogP contribution in [0, 0.1) is 10.1 Å². The van der Waals surface area contributed by atoms with Crippen LogP contribution in [0.2, 0.25) is 0 Å². The van der Waals surface area contributed by atoms with Crippen molar-refractivity contribution < 1.29 is 13.3 Å². The maximum Gasteiger partial charge on any atom is 0.270 e. The SMILES string of the molecule is CC(C)(C)c1csc(CN2CCN(S(=O)(=O)c3cccc([N+](=O)[O-])c3)CC2)n1. The van der Waals surface area contributed by atoms with E-state index in [4.69, 9.17) is 4.98 Å². The molecule has 1 saturated heterocycles. The fraction of sp³-hybridized carbons (Fsp3) is 0.500. The summed E-state index contributed by atoms with van der Waals surface area (Å²) in [6.07, 6.45) is 0. The number of benzene rings is 1. The lowest BCUT2D eigenvalue weighted by Gasteiger charge is -2.33. The van der Waals surface area contributed by atoms with Crippen LogP contribution in [0.15, 0.2) is 34.5 Å². The van der Waals surface area contributed by atoms with Gasteiger partial charge in [-0.25, -0.2) is 13.4 Å². The molecule has 3 rings (SSSR count). The molecule has 0 bridgehead atoms. The minimum Gasteiger partial charge on any atom is -0.294 e. The van der Waals surface area contributed by atoms with Crippen LogP contribution < -0.4 is 0 Å². The zero-order valence-corrected chi connectivity index (χ0v) is 17.8. The first-order valence-corrected chi connectivity index (χ1v) is 11.3. The van der Waals surface area contributed by atoms with Crippen LogP contribution in [0.5, 0.6) is 0 Å². The number of non-ortho nitro benzene ring substituents is 1. The van der Waals surface area contributed by atoms with Crippen molar-refractivity contribution in [1.29, 1.82) is 0 Å². The second-order valence-electron chi connectivity index (χ2n) is 7.81. The molecule has 1 aromatic heterocycles. The smallest absolute Gasteiger partial charge is 0.270 e. The fourth-order valence-electron chi connectivity index (χ4n) is 2.95. The molecular formula is C18H24N4O4S2. The molecule has 10 heteroatoms. The van der Waals surface area contributed by atoms with Gasteiger partial charge in [-0.05, 0) is 6.07 Å². The zero-order valence-electron chi connectivity index (χ0n) is 16.2. The van der Waals surface area contributed by atoms with Gasteiger partial charge in [0.1, 0.15) is 5.01 Å². The van der Waals surface area contributed by atoms with Gasteiger partial charge < -0.3 is 0 Å². The van der Waals surface area contributed by atoms with E-state index in [1.54, 1.807) is 11.3 Å². The Morgan fingerprint density at radius 2 is 1.89 bits per heavy atom.